The molecule has 2 aromatic rings. The molecule has 0 aromatic heterocycles. The van der Waals surface area contributed by atoms with E-state index in [1.54, 1.807) is 11.0 Å². The van der Waals surface area contributed by atoms with Crippen molar-refractivity contribution in [2.45, 2.75) is 12.3 Å². The Bertz CT molecular complexity index is 971. The average molecular weight is 396 g/mol. The van der Waals surface area contributed by atoms with Crippen molar-refractivity contribution in [2.75, 3.05) is 33.0 Å². The number of piperazine rings is 1. The number of rotatable bonds is 3. The van der Waals surface area contributed by atoms with Gasteiger partial charge >= 0.3 is 0 Å². The van der Waals surface area contributed by atoms with Crippen LogP contribution in [0.5, 0.6) is 11.5 Å². The first-order valence-electron chi connectivity index (χ1n) is 9.83. The normalized spacial score (nSPS) is 22.5. The molecule has 1 aliphatic carbocycles. The van der Waals surface area contributed by atoms with Crippen LogP contribution in [0.1, 0.15) is 28.3 Å². The van der Waals surface area contributed by atoms with E-state index in [1.807, 2.05) is 23.1 Å². The van der Waals surface area contributed by atoms with E-state index in [0.29, 0.717) is 31.7 Å². The van der Waals surface area contributed by atoms with E-state index in [9.17, 15) is 14.0 Å². The summed E-state index contributed by atoms with van der Waals surface area (Å²) in [6.45, 7) is 2.17. The van der Waals surface area contributed by atoms with E-state index < -0.39 is 5.82 Å². The van der Waals surface area contributed by atoms with Crippen LogP contribution in [0.15, 0.2) is 42.5 Å². The molecule has 2 aliphatic heterocycles. The Balaban J connectivity index is 1.17. The van der Waals surface area contributed by atoms with Gasteiger partial charge in [0.25, 0.3) is 5.91 Å². The molecule has 5 rings (SSSR count). The minimum absolute atomic E-state index is 0.0131. The Morgan fingerprint density at radius 3 is 2.48 bits per heavy atom. The SMILES string of the molecule is O=C(c1cccc(F)c1)N1CCN(C(=O)C2CC2c2ccc3c(c2)OCO3)CC1. The Kier molecular flexibility index (Phi) is 4.38. The molecule has 2 unspecified atom stereocenters. The largest absolute Gasteiger partial charge is 0.454 e. The summed E-state index contributed by atoms with van der Waals surface area (Å²) < 4.78 is 24.1. The maximum Gasteiger partial charge on any atom is 0.254 e. The highest BCUT2D eigenvalue weighted by Crippen LogP contribution is 2.50. The van der Waals surface area contributed by atoms with Gasteiger partial charge in [-0.1, -0.05) is 12.1 Å². The zero-order valence-corrected chi connectivity index (χ0v) is 15.8. The highest BCUT2D eigenvalue weighted by Gasteiger charge is 2.46. The number of nitrogens with zero attached hydrogens (tertiary/aromatic N) is 2. The van der Waals surface area contributed by atoms with E-state index in [2.05, 4.69) is 0 Å². The third kappa shape index (κ3) is 3.41. The van der Waals surface area contributed by atoms with Crippen molar-refractivity contribution in [3.8, 4) is 11.5 Å². The molecular formula is C22H21FN2O4. The molecule has 0 spiro atoms. The second kappa shape index (κ2) is 7.06. The van der Waals surface area contributed by atoms with E-state index in [0.717, 1.165) is 23.5 Å². The summed E-state index contributed by atoms with van der Waals surface area (Å²) in [5, 5.41) is 0. The van der Waals surface area contributed by atoms with Crippen LogP contribution in [-0.4, -0.2) is 54.6 Å². The molecule has 2 aromatic carbocycles. The van der Waals surface area contributed by atoms with E-state index in [4.69, 9.17) is 9.47 Å². The van der Waals surface area contributed by atoms with Crippen molar-refractivity contribution in [3.63, 3.8) is 0 Å². The van der Waals surface area contributed by atoms with Gasteiger partial charge in [0.05, 0.1) is 0 Å². The van der Waals surface area contributed by atoms with Crippen LogP contribution in [-0.2, 0) is 4.79 Å². The summed E-state index contributed by atoms with van der Waals surface area (Å²) in [6.07, 6.45) is 0.834. The highest BCUT2D eigenvalue weighted by molar-refractivity contribution is 5.94. The first-order valence-corrected chi connectivity index (χ1v) is 9.83. The molecule has 2 amide bonds. The molecule has 0 N–H and O–H groups in total. The number of halogens is 1. The van der Waals surface area contributed by atoms with Crippen LogP contribution in [0.4, 0.5) is 4.39 Å². The third-order valence-electron chi connectivity index (χ3n) is 5.88. The lowest BCUT2D eigenvalue weighted by molar-refractivity contribution is -0.134. The second-order valence-electron chi connectivity index (χ2n) is 7.69. The van der Waals surface area contributed by atoms with Gasteiger partial charge in [-0.2, -0.15) is 0 Å². The van der Waals surface area contributed by atoms with Gasteiger partial charge in [0, 0.05) is 37.7 Å². The summed E-state index contributed by atoms with van der Waals surface area (Å²) in [5.41, 5.74) is 1.45. The number of carbonyl (C=O) groups excluding carboxylic acids is 2. The van der Waals surface area contributed by atoms with E-state index in [-0.39, 0.29) is 30.4 Å². The van der Waals surface area contributed by atoms with Crippen molar-refractivity contribution in [1.82, 2.24) is 9.80 Å². The van der Waals surface area contributed by atoms with Crippen molar-refractivity contribution < 1.29 is 23.5 Å². The zero-order chi connectivity index (χ0) is 20.0. The Hall–Kier alpha value is -3.09. The number of amides is 2. The van der Waals surface area contributed by atoms with E-state index in [1.165, 1.54) is 18.2 Å². The number of benzene rings is 2. The summed E-state index contributed by atoms with van der Waals surface area (Å²) >= 11 is 0. The lowest BCUT2D eigenvalue weighted by Gasteiger charge is -2.35. The van der Waals surface area contributed by atoms with Gasteiger partial charge in [-0.3, -0.25) is 9.59 Å². The Labute approximate surface area is 167 Å². The molecule has 1 saturated heterocycles. The van der Waals surface area contributed by atoms with Gasteiger partial charge in [0.2, 0.25) is 12.7 Å². The van der Waals surface area contributed by atoms with Gasteiger partial charge < -0.3 is 19.3 Å². The standard InChI is InChI=1S/C22H21FN2O4/c23-16-3-1-2-15(10-16)21(26)24-6-8-25(9-7-24)22(27)18-12-17(18)14-4-5-19-20(11-14)29-13-28-19/h1-5,10-11,17-18H,6-9,12-13H2. The van der Waals surface area contributed by atoms with Crippen LogP contribution >= 0.6 is 0 Å². The molecule has 0 radical (unpaired) electrons. The van der Waals surface area contributed by atoms with Gasteiger partial charge in [0.1, 0.15) is 5.82 Å². The molecule has 29 heavy (non-hydrogen) atoms. The summed E-state index contributed by atoms with van der Waals surface area (Å²) in [7, 11) is 0. The molecular weight excluding hydrogens is 375 g/mol. The predicted octanol–water partition coefficient (Wildman–Crippen LogP) is 2.64. The molecule has 3 aliphatic rings. The first kappa shape index (κ1) is 18.0. The van der Waals surface area contributed by atoms with Crippen LogP contribution < -0.4 is 9.47 Å². The summed E-state index contributed by atoms with van der Waals surface area (Å²) in [5.74, 6) is 1.21. The molecule has 1 saturated carbocycles. The van der Waals surface area contributed by atoms with Gasteiger partial charge in [0.15, 0.2) is 11.5 Å². The van der Waals surface area contributed by atoms with Gasteiger partial charge in [-0.15, -0.1) is 0 Å². The molecule has 6 nitrogen and oxygen atoms in total. The summed E-state index contributed by atoms with van der Waals surface area (Å²) in [6, 6.07) is 11.6. The number of hydrogen-bond acceptors (Lipinski definition) is 4. The van der Waals surface area contributed by atoms with Crippen LogP contribution in [0.25, 0.3) is 0 Å². The topological polar surface area (TPSA) is 59.1 Å². The predicted molar refractivity (Wildman–Crippen MR) is 102 cm³/mol. The smallest absolute Gasteiger partial charge is 0.254 e. The molecule has 2 fully saturated rings. The van der Waals surface area contributed by atoms with Crippen molar-refractivity contribution in [3.05, 3.63) is 59.4 Å². The lowest BCUT2D eigenvalue weighted by Crippen LogP contribution is -2.51. The maximum atomic E-state index is 13.4. The minimum atomic E-state index is -0.423. The third-order valence-corrected chi connectivity index (χ3v) is 5.88. The number of fused-ring (bicyclic) bond motifs is 1. The van der Waals surface area contributed by atoms with Crippen molar-refractivity contribution >= 4 is 11.8 Å². The second-order valence-corrected chi connectivity index (χ2v) is 7.69. The molecule has 0 bridgehead atoms. The molecule has 2 atom stereocenters. The quantitative estimate of drug-likeness (QED) is 0.800. The number of hydrogen-bond donors (Lipinski definition) is 0. The minimum Gasteiger partial charge on any atom is -0.454 e. The first-order chi connectivity index (χ1) is 14.1. The van der Waals surface area contributed by atoms with Crippen molar-refractivity contribution in [1.29, 1.82) is 0 Å². The van der Waals surface area contributed by atoms with Crippen LogP contribution in [0.3, 0.4) is 0 Å². The number of ether oxygens (including phenoxy) is 2. The van der Waals surface area contributed by atoms with Gasteiger partial charge in [-0.25, -0.2) is 4.39 Å². The van der Waals surface area contributed by atoms with Crippen LogP contribution in [0.2, 0.25) is 0 Å². The van der Waals surface area contributed by atoms with Gasteiger partial charge in [-0.05, 0) is 48.2 Å². The van der Waals surface area contributed by atoms with Crippen LogP contribution in [0, 0.1) is 11.7 Å². The Morgan fingerprint density at radius 1 is 0.931 bits per heavy atom. The fourth-order valence-electron chi connectivity index (χ4n) is 4.15. The molecule has 2 heterocycles. The monoisotopic (exact) mass is 396 g/mol. The van der Waals surface area contributed by atoms with Crippen molar-refractivity contribution in [2.24, 2.45) is 5.92 Å². The lowest BCUT2D eigenvalue weighted by atomic mass is 10.1. The number of carbonyl (C=O) groups is 2. The average Bonchev–Trinajstić information content (AvgIpc) is 3.41. The highest BCUT2D eigenvalue weighted by atomic mass is 19.1. The fourth-order valence-corrected chi connectivity index (χ4v) is 4.15. The fraction of sp³-hybridized carbons (Fsp3) is 0.364. The maximum absolute atomic E-state index is 13.4. The summed E-state index contributed by atoms with van der Waals surface area (Å²) in [4.78, 5) is 28.9. The Morgan fingerprint density at radius 2 is 1.69 bits per heavy atom. The molecule has 150 valence electrons. The molecule has 7 heteroatoms. The van der Waals surface area contributed by atoms with E-state index >= 15 is 0 Å². The zero-order valence-electron chi connectivity index (χ0n) is 15.8.